The lowest BCUT2D eigenvalue weighted by molar-refractivity contribution is 0.324. The number of methoxy groups -OCH3 is 3. The maximum Gasteiger partial charge on any atom is 0.206 e. The molecule has 1 N–H and O–H groups in total. The Hall–Kier alpha value is -3.78. The van der Waals surface area contributed by atoms with Gasteiger partial charge in [-0.2, -0.15) is 5.10 Å². The van der Waals surface area contributed by atoms with Gasteiger partial charge in [0.1, 0.15) is 5.75 Å². The molecule has 0 aliphatic rings. The van der Waals surface area contributed by atoms with Gasteiger partial charge in [0.2, 0.25) is 10.6 Å². The molecule has 170 valence electrons. The van der Waals surface area contributed by atoms with Crippen molar-refractivity contribution in [2.75, 3.05) is 27.9 Å². The maximum absolute atomic E-state index is 10.5. The van der Waals surface area contributed by atoms with Crippen LogP contribution in [0.1, 0.15) is 12.5 Å². The number of benzene rings is 3. The van der Waals surface area contributed by atoms with Crippen molar-refractivity contribution in [1.29, 1.82) is 0 Å². The Kier molecular flexibility index (Phi) is 6.65. The average molecular weight is 464 g/mol. The first-order chi connectivity index (χ1) is 16.1. The number of ether oxygens (including phenoxy) is 3. The Balaban J connectivity index is 1.90. The molecule has 0 spiro atoms. The summed E-state index contributed by atoms with van der Waals surface area (Å²) in [5.74, 6) is 1.79. The van der Waals surface area contributed by atoms with Crippen LogP contribution in [0.4, 0.5) is 0 Å². The van der Waals surface area contributed by atoms with Crippen LogP contribution in [0.5, 0.6) is 23.0 Å². The van der Waals surface area contributed by atoms with Gasteiger partial charge in [-0.1, -0.05) is 30.3 Å². The minimum atomic E-state index is 0.164. The molecule has 0 radical (unpaired) electrons. The van der Waals surface area contributed by atoms with E-state index in [1.54, 1.807) is 38.3 Å². The lowest BCUT2D eigenvalue weighted by atomic mass is 10.0. The maximum atomic E-state index is 10.5. The lowest BCUT2D eigenvalue weighted by Gasteiger charge is -2.14. The molecule has 0 atom stereocenters. The van der Waals surface area contributed by atoms with Crippen molar-refractivity contribution in [2.24, 2.45) is 10.1 Å². The number of aromatic hydroxyl groups is 1. The molecule has 4 rings (SSSR count). The van der Waals surface area contributed by atoms with Gasteiger partial charge in [-0.25, -0.2) is 4.68 Å². The molecular formula is C25H25N3O4S. The van der Waals surface area contributed by atoms with Gasteiger partial charge >= 0.3 is 0 Å². The highest BCUT2D eigenvalue weighted by Gasteiger charge is 2.17. The summed E-state index contributed by atoms with van der Waals surface area (Å²) < 4.78 is 18.3. The molecule has 4 aromatic rings. The molecule has 0 bridgehead atoms. The fraction of sp³-hybridized carbons (Fsp3) is 0.200. The van der Waals surface area contributed by atoms with Crippen molar-refractivity contribution in [3.63, 3.8) is 0 Å². The molecule has 1 heterocycles. The summed E-state index contributed by atoms with van der Waals surface area (Å²) in [6, 6.07) is 15.2. The van der Waals surface area contributed by atoms with Gasteiger partial charge < -0.3 is 19.3 Å². The summed E-state index contributed by atoms with van der Waals surface area (Å²) in [7, 11) is 4.74. The van der Waals surface area contributed by atoms with Crippen LogP contribution in [0.25, 0.3) is 22.0 Å². The van der Waals surface area contributed by atoms with Crippen LogP contribution in [-0.2, 0) is 0 Å². The van der Waals surface area contributed by atoms with Crippen molar-refractivity contribution in [3.8, 4) is 34.3 Å². The quantitative estimate of drug-likeness (QED) is 0.395. The highest BCUT2D eigenvalue weighted by molar-refractivity contribution is 7.07. The van der Waals surface area contributed by atoms with E-state index in [-0.39, 0.29) is 5.75 Å². The van der Waals surface area contributed by atoms with E-state index in [2.05, 4.69) is 4.99 Å². The SMILES string of the molecule is CCN=c1scc(-c2cc(OC)c(OC)c(OC)c2)n1N=Cc1c(O)ccc2ccccc12. The number of aromatic nitrogens is 1. The smallest absolute Gasteiger partial charge is 0.206 e. The molecule has 0 amide bonds. The van der Waals surface area contributed by atoms with E-state index in [0.29, 0.717) is 29.4 Å². The van der Waals surface area contributed by atoms with Crippen molar-refractivity contribution in [2.45, 2.75) is 6.92 Å². The Morgan fingerprint density at radius 2 is 1.73 bits per heavy atom. The van der Waals surface area contributed by atoms with Gasteiger partial charge in [-0.3, -0.25) is 4.99 Å². The zero-order valence-corrected chi connectivity index (χ0v) is 19.7. The van der Waals surface area contributed by atoms with Gasteiger partial charge in [-0.15, -0.1) is 11.3 Å². The molecule has 7 nitrogen and oxygen atoms in total. The van der Waals surface area contributed by atoms with Crippen molar-refractivity contribution in [1.82, 2.24) is 4.68 Å². The van der Waals surface area contributed by atoms with Crippen molar-refractivity contribution in [3.05, 3.63) is 64.3 Å². The van der Waals surface area contributed by atoms with Crippen LogP contribution >= 0.6 is 11.3 Å². The number of thiazole rings is 1. The van der Waals surface area contributed by atoms with Crippen LogP contribution in [0, 0.1) is 0 Å². The monoisotopic (exact) mass is 463 g/mol. The van der Waals surface area contributed by atoms with Gasteiger partial charge in [0.15, 0.2) is 11.5 Å². The van der Waals surface area contributed by atoms with E-state index in [0.717, 1.165) is 26.8 Å². The second kappa shape index (κ2) is 9.79. The topological polar surface area (TPSA) is 77.6 Å². The fourth-order valence-electron chi connectivity index (χ4n) is 3.62. The number of nitrogens with zero attached hydrogens (tertiary/aromatic N) is 3. The number of rotatable bonds is 7. The second-order valence-corrected chi connectivity index (χ2v) is 7.90. The summed E-state index contributed by atoms with van der Waals surface area (Å²) in [5.41, 5.74) is 2.28. The van der Waals surface area contributed by atoms with Gasteiger partial charge in [0.05, 0.1) is 33.2 Å². The Morgan fingerprint density at radius 3 is 2.39 bits per heavy atom. The van der Waals surface area contributed by atoms with Gasteiger partial charge in [-0.05, 0) is 35.9 Å². The Bertz CT molecular complexity index is 1360. The summed E-state index contributed by atoms with van der Waals surface area (Å²) >= 11 is 1.48. The minimum Gasteiger partial charge on any atom is -0.507 e. The molecule has 0 aliphatic carbocycles. The van der Waals surface area contributed by atoms with Gasteiger partial charge in [0.25, 0.3) is 0 Å². The molecule has 0 saturated carbocycles. The summed E-state index contributed by atoms with van der Waals surface area (Å²) in [6.07, 6.45) is 1.67. The van der Waals surface area contributed by atoms with Crippen LogP contribution in [-0.4, -0.2) is 43.9 Å². The summed E-state index contributed by atoms with van der Waals surface area (Å²) in [6.45, 7) is 2.59. The highest BCUT2D eigenvalue weighted by Crippen LogP contribution is 2.41. The standard InChI is InChI=1S/C25H25N3O4S/c1-5-26-25-28(27-14-19-18-9-7-6-8-16(18)10-11-21(19)29)20(15-33-25)17-12-22(30-2)24(32-4)23(13-17)31-3/h6-15,29H,5H2,1-4H3. The van der Waals surface area contributed by atoms with E-state index in [1.807, 2.05) is 54.8 Å². The predicted molar refractivity (Wildman–Crippen MR) is 132 cm³/mol. The third-order valence-electron chi connectivity index (χ3n) is 5.19. The molecule has 33 heavy (non-hydrogen) atoms. The molecule has 0 unspecified atom stereocenters. The fourth-order valence-corrected chi connectivity index (χ4v) is 4.52. The average Bonchev–Trinajstić information content (AvgIpc) is 3.25. The molecule has 0 saturated heterocycles. The van der Waals surface area contributed by atoms with E-state index in [9.17, 15) is 5.11 Å². The number of phenols is 1. The van der Waals surface area contributed by atoms with Crippen LogP contribution in [0.2, 0.25) is 0 Å². The van der Waals surface area contributed by atoms with Crippen LogP contribution < -0.4 is 19.0 Å². The van der Waals surface area contributed by atoms with E-state index < -0.39 is 0 Å². The highest BCUT2D eigenvalue weighted by atomic mass is 32.1. The lowest BCUT2D eigenvalue weighted by Crippen LogP contribution is -2.12. The first-order valence-corrected chi connectivity index (χ1v) is 11.3. The van der Waals surface area contributed by atoms with Gasteiger partial charge in [0, 0.05) is 23.1 Å². The largest absolute Gasteiger partial charge is 0.507 e. The van der Waals surface area contributed by atoms with E-state index in [4.69, 9.17) is 19.3 Å². The first kappa shape index (κ1) is 22.4. The third kappa shape index (κ3) is 4.29. The molecule has 3 aromatic carbocycles. The predicted octanol–water partition coefficient (Wildman–Crippen LogP) is 4.90. The third-order valence-corrected chi connectivity index (χ3v) is 6.04. The number of hydrogen-bond acceptors (Lipinski definition) is 7. The number of phenolic OH excluding ortho intramolecular Hbond substituents is 1. The summed E-state index contributed by atoms with van der Waals surface area (Å²) in [5, 5.41) is 19.2. The number of fused-ring (bicyclic) bond motifs is 1. The number of hydrogen-bond donors (Lipinski definition) is 1. The second-order valence-electron chi connectivity index (χ2n) is 7.07. The molecular weight excluding hydrogens is 438 g/mol. The molecule has 1 aromatic heterocycles. The van der Waals surface area contributed by atoms with Crippen LogP contribution in [0.15, 0.2) is 64.0 Å². The minimum absolute atomic E-state index is 0.164. The zero-order chi connectivity index (χ0) is 23.4. The Labute approximate surface area is 195 Å². The summed E-state index contributed by atoms with van der Waals surface area (Å²) in [4.78, 5) is 5.32. The van der Waals surface area contributed by atoms with Crippen molar-refractivity contribution >= 4 is 28.3 Å². The molecule has 0 aliphatic heterocycles. The molecule has 0 fully saturated rings. The molecule has 8 heteroatoms. The Morgan fingerprint density at radius 1 is 1.00 bits per heavy atom. The van der Waals surface area contributed by atoms with Crippen molar-refractivity contribution < 1.29 is 19.3 Å². The van der Waals surface area contributed by atoms with E-state index >= 15 is 0 Å². The first-order valence-electron chi connectivity index (χ1n) is 10.4. The van der Waals surface area contributed by atoms with Crippen LogP contribution in [0.3, 0.4) is 0 Å². The van der Waals surface area contributed by atoms with E-state index in [1.165, 1.54) is 11.3 Å². The zero-order valence-electron chi connectivity index (χ0n) is 18.9. The normalized spacial score (nSPS) is 11.9.